The van der Waals surface area contributed by atoms with E-state index in [1.165, 1.54) is 11.0 Å². The first-order chi connectivity index (χ1) is 26.5. The van der Waals surface area contributed by atoms with E-state index < -0.39 is 85.0 Å². The Kier molecular flexibility index (Phi) is 9.92. The molecule has 5 aliphatic rings. The molecule has 5 atom stereocenters. The molecule has 3 N–H and O–H groups in total. The number of aromatic nitrogens is 1. The molecule has 13 nitrogen and oxygen atoms in total. The maximum Gasteiger partial charge on any atom is 0.416 e. The number of carboxylic acid groups (broad SMARTS) is 1. The van der Waals surface area contributed by atoms with Crippen molar-refractivity contribution in [2.75, 3.05) is 6.54 Å². The third-order valence-electron chi connectivity index (χ3n) is 12.5. The molecule has 2 saturated carbocycles. The number of sulfonamides is 1. The Morgan fingerprint density at radius 1 is 1.09 bits per heavy atom. The number of fused-ring (bicyclic) bond motifs is 5. The van der Waals surface area contributed by atoms with Crippen molar-refractivity contribution in [3.05, 3.63) is 47.2 Å². The van der Waals surface area contributed by atoms with Gasteiger partial charge in [-0.2, -0.15) is 13.2 Å². The van der Waals surface area contributed by atoms with Crippen LogP contribution in [0.15, 0.2) is 30.4 Å². The zero-order chi connectivity index (χ0) is 41.5. The number of aryl methyl sites for hydroxylation is 2. The van der Waals surface area contributed by atoms with Crippen molar-refractivity contribution >= 4 is 44.7 Å². The van der Waals surface area contributed by atoms with Crippen LogP contribution in [0.5, 0.6) is 5.75 Å². The predicted molar refractivity (Wildman–Crippen MR) is 203 cm³/mol. The molecule has 2 aromatic rings. The van der Waals surface area contributed by atoms with E-state index in [-0.39, 0.29) is 49.8 Å². The monoisotopic (exact) mass is 817 g/mol. The van der Waals surface area contributed by atoms with Crippen LogP contribution in [0.4, 0.5) is 18.0 Å². The summed E-state index contributed by atoms with van der Waals surface area (Å²) in [6.07, 6.45) is 1.72. The van der Waals surface area contributed by atoms with Crippen LogP contribution in [-0.4, -0.2) is 92.2 Å². The van der Waals surface area contributed by atoms with Crippen LogP contribution in [0.2, 0.25) is 0 Å². The van der Waals surface area contributed by atoms with Gasteiger partial charge in [0.05, 0.1) is 28.1 Å². The van der Waals surface area contributed by atoms with Crippen LogP contribution in [0.25, 0.3) is 10.9 Å². The number of hydrogen-bond donors (Lipinski definition) is 3. The summed E-state index contributed by atoms with van der Waals surface area (Å²) >= 11 is 0. The SMILES string of the molecule is Cc1nc2ccc(C(F)(F)F)cc2c2c1O[C@]1(CC2)C[C@H]2C(=O)N[C@]3(C(=O)NS(=O)(=O)C4(C)CC4)C[C@H]3/C=C\CCCCC[C@H](N(C(=O)O)C(C)(C)C)C(=O)N2C1. The van der Waals surface area contributed by atoms with Gasteiger partial charge in [-0.25, -0.2) is 18.2 Å². The Labute approximate surface area is 329 Å². The molecule has 4 amide bonds. The number of carbonyl (C=O) groups is 4. The Balaban J connectivity index is 1.28. The van der Waals surface area contributed by atoms with Crippen LogP contribution in [0, 0.1) is 12.8 Å². The highest BCUT2D eigenvalue weighted by atomic mass is 32.2. The number of allylic oxidation sites excluding steroid dienone is 1. The van der Waals surface area contributed by atoms with Crippen molar-refractivity contribution in [3.8, 4) is 5.75 Å². The number of hydrogen-bond acceptors (Lipinski definition) is 8. The molecule has 1 spiro atoms. The molecule has 310 valence electrons. The number of nitrogens with zero attached hydrogens (tertiary/aromatic N) is 3. The minimum absolute atomic E-state index is 0.0893. The second-order valence-electron chi connectivity index (χ2n) is 17.8. The summed E-state index contributed by atoms with van der Waals surface area (Å²) < 4.78 is 75.6. The zero-order valence-corrected chi connectivity index (χ0v) is 33.6. The lowest BCUT2D eigenvalue weighted by Crippen LogP contribution is -2.61. The van der Waals surface area contributed by atoms with Crippen molar-refractivity contribution in [1.29, 1.82) is 0 Å². The van der Waals surface area contributed by atoms with E-state index >= 15 is 0 Å². The maximum atomic E-state index is 15.0. The molecule has 7 rings (SSSR count). The van der Waals surface area contributed by atoms with Crippen molar-refractivity contribution in [1.82, 2.24) is 24.8 Å². The Hall–Kier alpha value is -4.41. The lowest BCUT2D eigenvalue weighted by Gasteiger charge is -2.41. The number of benzene rings is 1. The average molecular weight is 818 g/mol. The van der Waals surface area contributed by atoms with Gasteiger partial charge >= 0.3 is 12.3 Å². The number of amides is 4. The van der Waals surface area contributed by atoms with Gasteiger partial charge in [-0.3, -0.25) is 24.0 Å². The number of rotatable bonds is 4. The van der Waals surface area contributed by atoms with Crippen molar-refractivity contribution in [3.63, 3.8) is 0 Å². The van der Waals surface area contributed by atoms with Gasteiger partial charge in [-0.05, 0) is 104 Å². The van der Waals surface area contributed by atoms with E-state index in [1.54, 1.807) is 34.6 Å². The lowest BCUT2D eigenvalue weighted by molar-refractivity contribution is -0.144. The summed E-state index contributed by atoms with van der Waals surface area (Å²) in [4.78, 5) is 63.4. The highest BCUT2D eigenvalue weighted by molar-refractivity contribution is 7.91. The van der Waals surface area contributed by atoms with Crippen LogP contribution < -0.4 is 14.8 Å². The van der Waals surface area contributed by atoms with Gasteiger partial charge < -0.3 is 20.1 Å². The lowest BCUT2D eigenvalue weighted by atomic mass is 9.87. The molecule has 1 aromatic carbocycles. The molecule has 1 saturated heterocycles. The van der Waals surface area contributed by atoms with E-state index in [9.17, 15) is 45.9 Å². The average Bonchev–Trinajstić information content (AvgIpc) is 4.00. The number of halogens is 3. The summed E-state index contributed by atoms with van der Waals surface area (Å²) in [6, 6.07) is 0.872. The Morgan fingerprint density at radius 2 is 1.81 bits per heavy atom. The molecule has 17 heteroatoms. The van der Waals surface area contributed by atoms with Gasteiger partial charge in [-0.1, -0.05) is 25.0 Å². The fraction of sp³-hybridized carbons (Fsp3) is 0.625. The number of ether oxygens (including phenoxy) is 1. The first-order valence-electron chi connectivity index (χ1n) is 19.6. The smallest absolute Gasteiger partial charge is 0.416 e. The summed E-state index contributed by atoms with van der Waals surface area (Å²) in [7, 11) is -4.07. The molecule has 1 aromatic heterocycles. The molecule has 0 unspecified atom stereocenters. The molecule has 3 aliphatic heterocycles. The molecule has 57 heavy (non-hydrogen) atoms. The van der Waals surface area contributed by atoms with E-state index in [2.05, 4.69) is 15.0 Å². The summed E-state index contributed by atoms with van der Waals surface area (Å²) in [5.41, 5.74) is -3.42. The number of alkyl halides is 3. The van der Waals surface area contributed by atoms with Crippen LogP contribution in [0.1, 0.15) is 109 Å². The van der Waals surface area contributed by atoms with Gasteiger partial charge in [-0.15, -0.1) is 0 Å². The maximum absolute atomic E-state index is 15.0. The second kappa shape index (κ2) is 13.9. The first kappa shape index (κ1) is 40.8. The van der Waals surface area contributed by atoms with Gasteiger partial charge in [0.25, 0.3) is 5.91 Å². The highest BCUT2D eigenvalue weighted by Gasteiger charge is 2.64. The van der Waals surface area contributed by atoms with Gasteiger partial charge in [0.2, 0.25) is 21.8 Å². The topological polar surface area (TPSA) is 175 Å². The van der Waals surface area contributed by atoms with Crippen molar-refractivity contribution < 1.29 is 50.6 Å². The molecule has 0 radical (unpaired) electrons. The molecule has 2 aliphatic carbocycles. The standard InChI is InChI=1S/C40H50F3N5O8S/c1-23-31-26(27-19-24(40(41,42)43)13-14-28(27)44-23)15-16-38(56-31)21-30-32(49)45-39(34(51)46-57(54,55)37(5)17-18-37)20-25(39)11-9-7-6-8-10-12-29(33(50)47(30)22-38)48(35(52)53)36(2,3)4/h9,11,13-14,19,25,29-30H,6-8,10,12,15-18,20-22H2,1-5H3,(H,45,49)(H,46,51)(H,52,53)/b11-9-/t25-,29+,30+,38-,39-/m1/s1. The van der Waals surface area contributed by atoms with E-state index in [1.807, 2.05) is 12.2 Å². The van der Waals surface area contributed by atoms with Crippen molar-refractivity contribution in [2.24, 2.45) is 5.92 Å². The number of nitrogens with one attached hydrogen (secondary N) is 2. The molecule has 4 heterocycles. The second-order valence-corrected chi connectivity index (χ2v) is 20.0. The fourth-order valence-corrected chi connectivity index (χ4v) is 10.2. The molecular formula is C40H50F3N5O8S. The Morgan fingerprint density at radius 3 is 2.46 bits per heavy atom. The molecular weight excluding hydrogens is 768 g/mol. The Bertz CT molecular complexity index is 2170. The number of pyridine rings is 1. The van der Waals surface area contributed by atoms with Crippen LogP contribution in [0.3, 0.4) is 0 Å². The van der Waals surface area contributed by atoms with Crippen LogP contribution >= 0.6 is 0 Å². The third kappa shape index (κ3) is 7.44. The van der Waals surface area contributed by atoms with Gasteiger partial charge in [0, 0.05) is 28.8 Å². The highest BCUT2D eigenvalue weighted by Crippen LogP contribution is 2.49. The van der Waals surface area contributed by atoms with E-state index in [4.69, 9.17) is 4.74 Å². The normalized spacial score (nSPS) is 29.5. The fourth-order valence-electron chi connectivity index (χ4n) is 8.84. The minimum Gasteiger partial charge on any atom is -0.483 e. The first-order valence-corrected chi connectivity index (χ1v) is 21.1. The molecule has 3 fully saturated rings. The van der Waals surface area contributed by atoms with E-state index in [0.29, 0.717) is 55.3 Å². The van der Waals surface area contributed by atoms with Crippen molar-refractivity contribution in [2.45, 2.75) is 145 Å². The summed E-state index contributed by atoms with van der Waals surface area (Å²) in [5, 5.41) is 13.6. The van der Waals surface area contributed by atoms with Crippen LogP contribution in [-0.2, 0) is 37.0 Å². The van der Waals surface area contributed by atoms with Gasteiger partial charge in [0.1, 0.15) is 29.0 Å². The molecule has 0 bridgehead atoms. The third-order valence-corrected chi connectivity index (χ3v) is 14.7. The summed E-state index contributed by atoms with van der Waals surface area (Å²) in [6.45, 7) is 8.11. The quantitative estimate of drug-likeness (QED) is 0.324. The number of carbonyl (C=O) groups excluding carboxylic acids is 3. The van der Waals surface area contributed by atoms with Gasteiger partial charge in [0.15, 0.2) is 0 Å². The van der Waals surface area contributed by atoms with E-state index in [0.717, 1.165) is 17.0 Å². The largest absolute Gasteiger partial charge is 0.483 e. The zero-order valence-electron chi connectivity index (χ0n) is 32.8. The predicted octanol–water partition coefficient (Wildman–Crippen LogP) is 5.77. The minimum atomic E-state index is -4.59. The summed E-state index contributed by atoms with van der Waals surface area (Å²) in [5.74, 6) is -2.49.